The van der Waals surface area contributed by atoms with Gasteiger partial charge in [0.25, 0.3) is 0 Å². The summed E-state index contributed by atoms with van der Waals surface area (Å²) in [4.78, 5) is 0. The van der Waals surface area contributed by atoms with Gasteiger partial charge in [0.15, 0.2) is 0 Å². The van der Waals surface area contributed by atoms with Crippen LogP contribution in [0.25, 0.3) is 0 Å². The van der Waals surface area contributed by atoms with E-state index in [1.807, 2.05) is 0 Å². The van der Waals surface area contributed by atoms with Gasteiger partial charge in [0, 0.05) is 0 Å². The average molecular weight is 287 g/mol. The van der Waals surface area contributed by atoms with Gasteiger partial charge in [-0.2, -0.15) is 0 Å². The lowest BCUT2D eigenvalue weighted by atomic mass is 9.77. The maximum atomic E-state index is 12.7. The lowest BCUT2D eigenvalue weighted by molar-refractivity contribution is 0.233. The number of hydrogen-bond acceptors (Lipinski definition) is 1. The summed E-state index contributed by atoms with van der Waals surface area (Å²) in [7, 11) is 0. The van der Waals surface area contributed by atoms with E-state index in [1.165, 1.54) is 19.1 Å². The molecule has 1 aromatic rings. The first-order valence-corrected chi connectivity index (χ1v) is 7.31. The van der Waals surface area contributed by atoms with Crippen LogP contribution in [0.4, 0.5) is 12.9 Å². The van der Waals surface area contributed by atoms with E-state index in [9.17, 15) is 12.9 Å². The molecule has 0 spiro atoms. The molecular weight excluding hydrogens is 264 g/mol. The van der Waals surface area contributed by atoms with E-state index < -0.39 is 12.4 Å². The van der Waals surface area contributed by atoms with Crippen LogP contribution in [-0.2, 0) is 0 Å². The molecule has 0 saturated carbocycles. The molecule has 114 valence electrons. The van der Waals surface area contributed by atoms with E-state index in [4.69, 9.17) is 4.74 Å². The van der Waals surface area contributed by atoms with Crippen LogP contribution in [0.5, 0.6) is 5.75 Å². The number of hydrogen-bond donors (Lipinski definition) is 0. The molecule has 0 N–H and O–H groups in total. The van der Waals surface area contributed by atoms with Gasteiger partial charge in [0.1, 0.15) is 5.75 Å². The van der Waals surface area contributed by atoms with Gasteiger partial charge in [-0.25, -0.2) is 0 Å². The monoisotopic (exact) mass is 287 g/mol. The Morgan fingerprint density at radius 3 is 2.40 bits per heavy atom. The van der Waals surface area contributed by atoms with Gasteiger partial charge in [0.05, 0.1) is 6.61 Å². The van der Waals surface area contributed by atoms with Crippen molar-refractivity contribution in [1.29, 1.82) is 0 Å². The molecule has 1 unspecified atom stereocenters. The minimum absolute atomic E-state index is 0.233. The maximum absolute atomic E-state index is 12.7. The molecule has 1 rings (SSSR count). The lowest BCUT2D eigenvalue weighted by Crippen LogP contribution is -2.35. The summed E-state index contributed by atoms with van der Waals surface area (Å²) in [5, 5.41) is 0. The minimum Gasteiger partial charge on any atom is -0.493 e. The van der Waals surface area contributed by atoms with Crippen molar-refractivity contribution in [2.45, 2.75) is 46.5 Å². The fourth-order valence-corrected chi connectivity index (χ4v) is 2.22. The van der Waals surface area contributed by atoms with E-state index >= 15 is 0 Å². The van der Waals surface area contributed by atoms with Crippen LogP contribution in [0.3, 0.4) is 0 Å². The van der Waals surface area contributed by atoms with Crippen LogP contribution >= 0.6 is 0 Å². The van der Waals surface area contributed by atoms with Crippen LogP contribution in [0.2, 0.25) is 0 Å². The van der Waals surface area contributed by atoms with Crippen molar-refractivity contribution in [1.82, 2.24) is 0 Å². The fourth-order valence-electron chi connectivity index (χ4n) is 2.22. The molecule has 0 aliphatic rings. The third kappa shape index (κ3) is 5.10. The van der Waals surface area contributed by atoms with Crippen LogP contribution in [0.15, 0.2) is 18.2 Å². The first-order valence-electron chi connectivity index (χ1n) is 7.31. The smallest absolute Gasteiger partial charge is 0.493 e. The van der Waals surface area contributed by atoms with Crippen molar-refractivity contribution in [3.05, 3.63) is 23.8 Å². The van der Waals surface area contributed by atoms with Crippen molar-refractivity contribution in [3.63, 3.8) is 0 Å². The second-order valence-corrected chi connectivity index (χ2v) is 5.32. The Labute approximate surface area is 119 Å². The highest BCUT2D eigenvalue weighted by Crippen LogP contribution is 2.19. The number of rotatable bonds is 8. The Kier molecular flexibility index (Phi) is 6.43. The number of halogens is 3. The van der Waals surface area contributed by atoms with E-state index in [1.54, 1.807) is 0 Å². The third-order valence-electron chi connectivity index (χ3n) is 3.62. The topological polar surface area (TPSA) is 9.23 Å². The molecule has 0 radical (unpaired) electrons. The summed E-state index contributed by atoms with van der Waals surface area (Å²) in [6.07, 6.45) is 4.45. The molecule has 0 heterocycles. The molecule has 0 aliphatic heterocycles. The highest BCUT2D eigenvalue weighted by atomic mass is 19.4. The average Bonchev–Trinajstić information content (AvgIpc) is 2.37. The van der Waals surface area contributed by atoms with Crippen molar-refractivity contribution >= 4 is 12.4 Å². The Bertz CT molecular complexity index is 418. The largest absolute Gasteiger partial charge is 0.509 e. The van der Waals surface area contributed by atoms with Crippen molar-refractivity contribution < 1.29 is 17.7 Å². The minimum atomic E-state index is -4.94. The third-order valence-corrected chi connectivity index (χ3v) is 3.62. The quantitative estimate of drug-likeness (QED) is 0.633. The molecule has 1 atom stereocenters. The molecule has 0 fully saturated rings. The summed E-state index contributed by atoms with van der Waals surface area (Å²) in [5.74, 6) is 1.00. The molecule has 20 heavy (non-hydrogen) atoms. The normalized spacial score (nSPS) is 13.3. The van der Waals surface area contributed by atoms with Crippen LogP contribution in [-0.4, -0.2) is 13.6 Å². The molecule has 1 aromatic carbocycles. The number of aryl methyl sites for hydroxylation is 1. The molecule has 0 bridgehead atoms. The number of unbranched alkanes of at least 4 members (excludes halogenated alkanes) is 1. The van der Waals surface area contributed by atoms with Gasteiger partial charge in [0.2, 0.25) is 0 Å². The molecule has 0 saturated heterocycles. The first-order chi connectivity index (χ1) is 9.38. The molecule has 5 heteroatoms. The highest BCUT2D eigenvalue weighted by Gasteiger charge is 2.27. The van der Waals surface area contributed by atoms with Gasteiger partial charge in [-0.3, -0.25) is 0 Å². The van der Waals surface area contributed by atoms with Gasteiger partial charge in [-0.1, -0.05) is 44.7 Å². The molecule has 0 amide bonds. The number of ether oxygens (including phenoxy) is 1. The Hall–Kier alpha value is -1.13. The predicted octanol–water partition coefficient (Wildman–Crippen LogP) is 4.64. The maximum Gasteiger partial charge on any atom is 0.509 e. The summed E-state index contributed by atoms with van der Waals surface area (Å²) in [6, 6.07) is 4.03. The lowest BCUT2D eigenvalue weighted by Gasteiger charge is -2.20. The summed E-state index contributed by atoms with van der Waals surface area (Å²) >= 11 is 0. The van der Waals surface area contributed by atoms with Gasteiger partial charge in [-0.05, 0) is 31.4 Å². The number of benzene rings is 1. The van der Waals surface area contributed by atoms with Crippen molar-refractivity contribution in [2.24, 2.45) is 5.92 Å². The van der Waals surface area contributed by atoms with Crippen LogP contribution in [0, 0.1) is 12.8 Å². The highest BCUT2D eigenvalue weighted by molar-refractivity contribution is 6.74. The van der Waals surface area contributed by atoms with E-state index in [2.05, 4.69) is 13.8 Å². The van der Waals surface area contributed by atoms with Crippen LogP contribution in [0.1, 0.15) is 45.1 Å². The van der Waals surface area contributed by atoms with Gasteiger partial charge >= 0.3 is 6.98 Å². The predicted molar refractivity (Wildman–Crippen MR) is 78.7 cm³/mol. The summed E-state index contributed by atoms with van der Waals surface area (Å²) < 4.78 is 43.8. The first kappa shape index (κ1) is 16.9. The molecular formula is C15H23BF3O-. The van der Waals surface area contributed by atoms with E-state index in [0.717, 1.165) is 31.7 Å². The Balaban J connectivity index is 2.63. The fraction of sp³-hybridized carbons (Fsp3) is 0.600. The van der Waals surface area contributed by atoms with E-state index in [0.29, 0.717) is 18.3 Å². The van der Waals surface area contributed by atoms with Crippen molar-refractivity contribution in [2.75, 3.05) is 6.61 Å². The standard InChI is InChI=1S/C15H23BF3O/c1-4-6-7-13(5-2)11-20-14-8-9-15(12(3)10-14)16(17,18)19/h8-10,13H,4-7,11H2,1-3H3/q-1. The Morgan fingerprint density at radius 2 is 1.90 bits per heavy atom. The van der Waals surface area contributed by atoms with Crippen LogP contribution < -0.4 is 10.2 Å². The van der Waals surface area contributed by atoms with Gasteiger partial charge < -0.3 is 17.7 Å². The molecule has 0 aliphatic carbocycles. The summed E-state index contributed by atoms with van der Waals surface area (Å²) in [6.45, 7) is 1.38. The zero-order valence-electron chi connectivity index (χ0n) is 12.5. The van der Waals surface area contributed by atoms with Crippen molar-refractivity contribution in [3.8, 4) is 5.75 Å². The second-order valence-electron chi connectivity index (χ2n) is 5.32. The molecule has 0 aromatic heterocycles. The summed E-state index contributed by atoms with van der Waals surface area (Å²) in [5.41, 5.74) is -0.299. The SMILES string of the molecule is CCCCC(CC)COc1ccc([B-](F)(F)F)c(C)c1. The zero-order valence-corrected chi connectivity index (χ0v) is 12.5. The van der Waals surface area contributed by atoms with Gasteiger partial charge in [-0.15, -0.1) is 5.46 Å². The molecule has 1 nitrogen and oxygen atoms in total. The zero-order chi connectivity index (χ0) is 15.2. The van der Waals surface area contributed by atoms with E-state index in [-0.39, 0.29) is 5.56 Å². The Morgan fingerprint density at radius 1 is 1.20 bits per heavy atom. The second kappa shape index (κ2) is 7.60.